The van der Waals surface area contributed by atoms with E-state index in [4.69, 9.17) is 14.9 Å². The summed E-state index contributed by atoms with van der Waals surface area (Å²) in [7, 11) is 0. The van der Waals surface area contributed by atoms with Gasteiger partial charge in [0, 0.05) is 0 Å². The highest BCUT2D eigenvalue weighted by molar-refractivity contribution is 5.92. The number of rotatable bonds is 10. The van der Waals surface area contributed by atoms with Crippen molar-refractivity contribution in [3.63, 3.8) is 0 Å². The minimum absolute atomic E-state index is 0.00717. The van der Waals surface area contributed by atoms with Gasteiger partial charge in [0.15, 0.2) is 0 Å². The summed E-state index contributed by atoms with van der Waals surface area (Å²) in [4.78, 5) is 47.2. The third-order valence-corrected chi connectivity index (χ3v) is 3.69. The molecule has 0 saturated carbocycles. The Kier molecular flexibility index (Phi) is 8.24. The van der Waals surface area contributed by atoms with Crippen LogP contribution in [0.1, 0.15) is 17.7 Å². The lowest BCUT2D eigenvalue weighted by molar-refractivity contribution is -0.129. The summed E-state index contributed by atoms with van der Waals surface area (Å²) in [6.07, 6.45) is 0.137. The van der Waals surface area contributed by atoms with Gasteiger partial charge >= 0.3 is 6.09 Å². The summed E-state index contributed by atoms with van der Waals surface area (Å²) in [5, 5.41) is 7.16. The molecule has 0 saturated heterocycles. The number of amides is 4. The predicted octanol–water partition coefficient (Wildman–Crippen LogP) is 0.182. The molecule has 0 aliphatic rings. The van der Waals surface area contributed by atoms with E-state index in [1.807, 2.05) is 6.07 Å². The number of carbonyl (C=O) groups is 4. The van der Waals surface area contributed by atoms with Crippen molar-refractivity contribution in [2.45, 2.75) is 25.6 Å². The van der Waals surface area contributed by atoms with Gasteiger partial charge in [0.05, 0.1) is 25.8 Å². The number of benzene rings is 1. The van der Waals surface area contributed by atoms with E-state index in [1.54, 1.807) is 36.4 Å². The molecule has 0 aliphatic carbocycles. The molecule has 1 atom stereocenters. The summed E-state index contributed by atoms with van der Waals surface area (Å²) in [5.41, 5.74) is 5.89. The number of primary amides is 1. The van der Waals surface area contributed by atoms with Crippen molar-refractivity contribution >= 4 is 23.8 Å². The molecule has 0 fully saturated rings. The normalized spacial score (nSPS) is 11.2. The number of carbonyl (C=O) groups excluding carboxylic acids is 4. The van der Waals surface area contributed by atoms with Crippen molar-refractivity contribution in [3.8, 4) is 0 Å². The molecule has 0 bridgehead atoms. The van der Waals surface area contributed by atoms with Crippen LogP contribution in [0.3, 0.4) is 0 Å². The van der Waals surface area contributed by atoms with Gasteiger partial charge in [-0.15, -0.1) is 0 Å². The Hall–Kier alpha value is -3.82. The smallest absolute Gasteiger partial charge is 0.408 e. The van der Waals surface area contributed by atoms with Crippen molar-refractivity contribution in [1.29, 1.82) is 0 Å². The standard InChI is InChI=1S/C19H22N4O6/c20-16(24)9-15(23-19(27)29-12-13-5-2-1-3-6-13)18(26)22-11-17(25)21-10-14-7-4-8-28-14/h1-8,15H,9-12H2,(H2,20,24)(H,21,25)(H,22,26)(H,23,27). The Morgan fingerprint density at radius 2 is 1.79 bits per heavy atom. The molecule has 154 valence electrons. The summed E-state index contributed by atoms with van der Waals surface area (Å²) < 4.78 is 10.1. The van der Waals surface area contributed by atoms with Gasteiger partial charge in [0.1, 0.15) is 18.4 Å². The van der Waals surface area contributed by atoms with Crippen molar-refractivity contribution in [3.05, 3.63) is 60.1 Å². The number of nitrogens with two attached hydrogens (primary N) is 1. The quantitative estimate of drug-likeness (QED) is 0.445. The number of hydrogen-bond acceptors (Lipinski definition) is 6. The van der Waals surface area contributed by atoms with E-state index in [2.05, 4.69) is 16.0 Å². The van der Waals surface area contributed by atoms with Crippen LogP contribution in [-0.4, -0.2) is 36.4 Å². The fraction of sp³-hybridized carbons (Fsp3) is 0.263. The summed E-state index contributed by atoms with van der Waals surface area (Å²) in [6, 6.07) is 11.0. The van der Waals surface area contributed by atoms with Gasteiger partial charge in [0.25, 0.3) is 0 Å². The van der Waals surface area contributed by atoms with E-state index in [-0.39, 0.29) is 19.7 Å². The highest BCUT2D eigenvalue weighted by atomic mass is 16.5. The number of ether oxygens (including phenoxy) is 1. The second-order valence-corrected chi connectivity index (χ2v) is 6.00. The average Bonchev–Trinajstić information content (AvgIpc) is 3.22. The first kappa shape index (κ1) is 21.5. The summed E-state index contributed by atoms with van der Waals surface area (Å²) in [6.45, 7) is -0.196. The van der Waals surface area contributed by atoms with Crippen LogP contribution in [0.25, 0.3) is 0 Å². The Morgan fingerprint density at radius 3 is 2.45 bits per heavy atom. The Bertz CT molecular complexity index is 822. The Balaban J connectivity index is 1.79. The topological polar surface area (TPSA) is 153 Å². The van der Waals surface area contributed by atoms with Crippen molar-refractivity contribution in [2.75, 3.05) is 6.54 Å². The minimum Gasteiger partial charge on any atom is -0.467 e. The first-order chi connectivity index (χ1) is 13.9. The molecule has 0 radical (unpaired) electrons. The van der Waals surface area contributed by atoms with Gasteiger partial charge in [-0.05, 0) is 17.7 Å². The summed E-state index contributed by atoms with van der Waals surface area (Å²) >= 11 is 0. The fourth-order valence-electron chi connectivity index (χ4n) is 2.27. The van der Waals surface area contributed by atoms with Crippen molar-refractivity contribution in [1.82, 2.24) is 16.0 Å². The van der Waals surface area contributed by atoms with E-state index < -0.39 is 36.3 Å². The van der Waals surface area contributed by atoms with Gasteiger partial charge < -0.3 is 30.8 Å². The van der Waals surface area contributed by atoms with Crippen molar-refractivity contribution < 1.29 is 28.3 Å². The molecule has 5 N–H and O–H groups in total. The number of alkyl carbamates (subject to hydrolysis) is 1. The Labute approximate surface area is 166 Å². The largest absolute Gasteiger partial charge is 0.467 e. The van der Waals surface area contributed by atoms with E-state index >= 15 is 0 Å². The Morgan fingerprint density at radius 1 is 1.03 bits per heavy atom. The second-order valence-electron chi connectivity index (χ2n) is 6.00. The highest BCUT2D eigenvalue weighted by Gasteiger charge is 2.24. The van der Waals surface area contributed by atoms with Crippen LogP contribution in [0, 0.1) is 0 Å². The summed E-state index contributed by atoms with van der Waals surface area (Å²) in [5.74, 6) is -1.46. The van der Waals surface area contributed by atoms with Crippen LogP contribution < -0.4 is 21.7 Å². The lowest BCUT2D eigenvalue weighted by atomic mass is 10.2. The first-order valence-corrected chi connectivity index (χ1v) is 8.76. The zero-order valence-electron chi connectivity index (χ0n) is 15.6. The fourth-order valence-corrected chi connectivity index (χ4v) is 2.27. The molecular weight excluding hydrogens is 380 g/mol. The monoisotopic (exact) mass is 402 g/mol. The van der Waals surface area contributed by atoms with Crippen LogP contribution in [0.4, 0.5) is 4.79 Å². The molecule has 1 heterocycles. The van der Waals surface area contributed by atoms with E-state index in [0.717, 1.165) is 5.56 Å². The van der Waals surface area contributed by atoms with Gasteiger partial charge in [-0.2, -0.15) is 0 Å². The van der Waals surface area contributed by atoms with E-state index in [0.29, 0.717) is 5.76 Å². The molecule has 4 amide bonds. The number of nitrogens with one attached hydrogen (secondary N) is 3. The van der Waals surface area contributed by atoms with Crippen LogP contribution >= 0.6 is 0 Å². The second kappa shape index (κ2) is 11.1. The molecule has 29 heavy (non-hydrogen) atoms. The van der Waals surface area contributed by atoms with Crippen molar-refractivity contribution in [2.24, 2.45) is 5.73 Å². The average molecular weight is 402 g/mol. The van der Waals surface area contributed by atoms with Crippen LogP contribution in [0.2, 0.25) is 0 Å². The van der Waals surface area contributed by atoms with E-state index in [9.17, 15) is 19.2 Å². The third-order valence-electron chi connectivity index (χ3n) is 3.69. The SMILES string of the molecule is NC(=O)CC(NC(=O)OCc1ccccc1)C(=O)NCC(=O)NCc1ccco1. The molecule has 2 aromatic rings. The van der Waals surface area contributed by atoms with Gasteiger partial charge in [-0.3, -0.25) is 14.4 Å². The lowest BCUT2D eigenvalue weighted by Crippen LogP contribution is -2.50. The maximum Gasteiger partial charge on any atom is 0.408 e. The molecule has 10 nitrogen and oxygen atoms in total. The predicted molar refractivity (Wildman–Crippen MR) is 101 cm³/mol. The zero-order chi connectivity index (χ0) is 21.1. The molecule has 2 rings (SSSR count). The van der Waals surface area contributed by atoms with Gasteiger partial charge in [-0.25, -0.2) is 4.79 Å². The number of hydrogen-bond donors (Lipinski definition) is 4. The molecule has 1 aromatic carbocycles. The van der Waals surface area contributed by atoms with E-state index in [1.165, 1.54) is 6.26 Å². The molecule has 1 aromatic heterocycles. The van der Waals surface area contributed by atoms with Crippen LogP contribution in [-0.2, 0) is 32.3 Å². The molecular formula is C19H22N4O6. The molecule has 10 heteroatoms. The maximum atomic E-state index is 12.2. The molecule has 1 unspecified atom stereocenters. The molecule has 0 spiro atoms. The lowest BCUT2D eigenvalue weighted by Gasteiger charge is -2.17. The van der Waals surface area contributed by atoms with Gasteiger partial charge in [0.2, 0.25) is 17.7 Å². The van der Waals surface area contributed by atoms with Crippen LogP contribution in [0.15, 0.2) is 53.1 Å². The number of furan rings is 1. The van der Waals surface area contributed by atoms with Crippen LogP contribution in [0.5, 0.6) is 0 Å². The highest BCUT2D eigenvalue weighted by Crippen LogP contribution is 2.02. The third kappa shape index (κ3) is 8.16. The zero-order valence-corrected chi connectivity index (χ0v) is 15.6. The molecule has 0 aliphatic heterocycles. The maximum absolute atomic E-state index is 12.2. The van der Waals surface area contributed by atoms with Gasteiger partial charge in [-0.1, -0.05) is 30.3 Å². The minimum atomic E-state index is -1.27. The first-order valence-electron chi connectivity index (χ1n) is 8.76.